The molecule has 1 heterocycles. The van der Waals surface area contributed by atoms with E-state index in [1.165, 1.54) is 88.0 Å². The molecular weight excluding hydrogens is 506 g/mol. The van der Waals surface area contributed by atoms with Gasteiger partial charge in [0.2, 0.25) is 0 Å². The molecule has 0 saturated heterocycles. The Morgan fingerprint density at radius 1 is 0.381 bits per heavy atom. The summed E-state index contributed by atoms with van der Waals surface area (Å²) in [5.74, 6) is 0. The van der Waals surface area contributed by atoms with Crippen molar-refractivity contribution in [3.05, 3.63) is 150 Å². The van der Waals surface area contributed by atoms with Gasteiger partial charge < -0.3 is 4.57 Å². The average Bonchev–Trinajstić information content (AvgIpc) is 3.36. The average molecular weight is 538 g/mol. The van der Waals surface area contributed by atoms with Gasteiger partial charge in [0.1, 0.15) is 0 Å². The summed E-state index contributed by atoms with van der Waals surface area (Å²) in [5.41, 5.74) is 12.7. The Balaban J connectivity index is 1.40. The molecule has 0 saturated carbocycles. The van der Waals surface area contributed by atoms with Gasteiger partial charge in [-0.2, -0.15) is 0 Å². The van der Waals surface area contributed by atoms with Crippen LogP contribution in [0.3, 0.4) is 0 Å². The van der Waals surface area contributed by atoms with Gasteiger partial charge in [-0.05, 0) is 100.0 Å². The molecule has 0 unspecified atom stereocenters. The lowest BCUT2D eigenvalue weighted by atomic mass is 9.84. The Morgan fingerprint density at radius 3 is 1.26 bits per heavy atom. The van der Waals surface area contributed by atoms with Crippen molar-refractivity contribution in [2.24, 2.45) is 0 Å². The molecule has 0 radical (unpaired) electrons. The fourth-order valence-corrected chi connectivity index (χ4v) is 6.76. The second-order valence-electron chi connectivity index (χ2n) is 11.6. The highest BCUT2D eigenvalue weighted by Gasteiger charge is 2.18. The van der Waals surface area contributed by atoms with Crippen LogP contribution in [0.2, 0.25) is 0 Å². The van der Waals surface area contributed by atoms with Crippen molar-refractivity contribution < 1.29 is 0 Å². The van der Waals surface area contributed by atoms with Crippen LogP contribution in [-0.2, 0) is 0 Å². The number of hydrogen-bond acceptors (Lipinski definition) is 0. The van der Waals surface area contributed by atoms with E-state index in [1.807, 2.05) is 0 Å². The van der Waals surface area contributed by atoms with Gasteiger partial charge in [0.05, 0.1) is 11.0 Å². The third-order valence-electron chi connectivity index (χ3n) is 8.97. The molecule has 0 amide bonds. The predicted molar refractivity (Wildman–Crippen MR) is 181 cm³/mol. The highest BCUT2D eigenvalue weighted by atomic mass is 15.0. The predicted octanol–water partition coefficient (Wildman–Crippen LogP) is 11.3. The summed E-state index contributed by atoms with van der Waals surface area (Å²) in [6, 6.07) is 49.3. The van der Waals surface area contributed by atoms with E-state index in [9.17, 15) is 0 Å². The second-order valence-corrected chi connectivity index (χ2v) is 11.6. The molecule has 0 atom stereocenters. The topological polar surface area (TPSA) is 4.93 Å². The minimum Gasteiger partial charge on any atom is -0.309 e. The Morgan fingerprint density at radius 2 is 0.786 bits per heavy atom. The number of para-hydroxylation sites is 2. The van der Waals surface area contributed by atoms with Crippen molar-refractivity contribution >= 4 is 43.4 Å². The van der Waals surface area contributed by atoms with Gasteiger partial charge in [-0.25, -0.2) is 0 Å². The standard InChI is InChI=1S/C41H31N/c1-26-16-18-29(19-17-26)40-34-12-4-5-13-35(34)41(37-25-28(3)27(2)24-36(37)40)30-20-22-31(23-21-30)42-38-14-8-6-10-32(38)33-11-7-9-15-39(33)42/h4-25H,1-3H3. The van der Waals surface area contributed by atoms with Gasteiger partial charge >= 0.3 is 0 Å². The van der Waals surface area contributed by atoms with Crippen LogP contribution in [0.15, 0.2) is 133 Å². The molecule has 0 aliphatic rings. The van der Waals surface area contributed by atoms with Crippen LogP contribution in [0, 0.1) is 20.8 Å². The maximum atomic E-state index is 2.39. The third-order valence-corrected chi connectivity index (χ3v) is 8.97. The maximum Gasteiger partial charge on any atom is 0.0541 e. The van der Waals surface area contributed by atoms with E-state index in [0.29, 0.717) is 0 Å². The van der Waals surface area contributed by atoms with E-state index >= 15 is 0 Å². The number of aromatic nitrogens is 1. The smallest absolute Gasteiger partial charge is 0.0541 e. The lowest BCUT2D eigenvalue weighted by molar-refractivity contribution is 1.18. The van der Waals surface area contributed by atoms with E-state index in [4.69, 9.17) is 0 Å². The first kappa shape index (κ1) is 24.6. The van der Waals surface area contributed by atoms with E-state index < -0.39 is 0 Å². The van der Waals surface area contributed by atoms with Gasteiger partial charge in [-0.3, -0.25) is 0 Å². The van der Waals surface area contributed by atoms with E-state index in [0.717, 1.165) is 0 Å². The van der Waals surface area contributed by atoms with Crippen molar-refractivity contribution in [2.45, 2.75) is 20.8 Å². The molecule has 0 N–H and O–H groups in total. The van der Waals surface area contributed by atoms with Gasteiger partial charge in [-0.15, -0.1) is 0 Å². The molecule has 0 fully saturated rings. The largest absolute Gasteiger partial charge is 0.309 e. The van der Waals surface area contributed by atoms with Crippen molar-refractivity contribution in [2.75, 3.05) is 0 Å². The second kappa shape index (κ2) is 9.46. The lowest BCUT2D eigenvalue weighted by Gasteiger charge is -2.19. The van der Waals surface area contributed by atoms with Crippen LogP contribution < -0.4 is 0 Å². The Bertz CT molecular complexity index is 2250. The minimum absolute atomic E-state index is 1.17. The molecule has 8 rings (SSSR count). The van der Waals surface area contributed by atoms with Crippen molar-refractivity contribution in [1.29, 1.82) is 0 Å². The SMILES string of the molecule is Cc1ccc(-c2c3ccccc3c(-c3ccc(-n4c5ccccc5c5ccccc54)cc3)c3cc(C)c(C)cc23)cc1. The maximum absolute atomic E-state index is 2.39. The number of fused-ring (bicyclic) bond motifs is 5. The summed E-state index contributed by atoms with van der Waals surface area (Å²) >= 11 is 0. The molecule has 200 valence electrons. The summed E-state index contributed by atoms with van der Waals surface area (Å²) in [5, 5.41) is 7.75. The fourth-order valence-electron chi connectivity index (χ4n) is 6.76. The van der Waals surface area contributed by atoms with Gasteiger partial charge in [-0.1, -0.05) is 115 Å². The van der Waals surface area contributed by atoms with Gasteiger partial charge in [0, 0.05) is 16.5 Å². The van der Waals surface area contributed by atoms with E-state index in [-0.39, 0.29) is 0 Å². The Labute approximate surface area is 246 Å². The summed E-state index contributed by atoms with van der Waals surface area (Å²) in [7, 11) is 0. The molecule has 0 spiro atoms. The Kier molecular flexibility index (Phi) is 5.55. The molecule has 1 aromatic heterocycles. The summed E-state index contributed by atoms with van der Waals surface area (Å²) in [6.45, 7) is 6.60. The summed E-state index contributed by atoms with van der Waals surface area (Å²) < 4.78 is 2.39. The first-order valence-electron chi connectivity index (χ1n) is 14.7. The van der Waals surface area contributed by atoms with Crippen LogP contribution in [-0.4, -0.2) is 4.57 Å². The molecule has 1 nitrogen and oxygen atoms in total. The van der Waals surface area contributed by atoms with Crippen LogP contribution in [0.25, 0.3) is 71.3 Å². The zero-order chi connectivity index (χ0) is 28.4. The van der Waals surface area contributed by atoms with Crippen molar-refractivity contribution in [3.8, 4) is 27.9 Å². The Hall–Kier alpha value is -5.14. The van der Waals surface area contributed by atoms with Crippen LogP contribution in [0.5, 0.6) is 0 Å². The lowest BCUT2D eigenvalue weighted by Crippen LogP contribution is -1.95. The monoisotopic (exact) mass is 537 g/mol. The third kappa shape index (κ3) is 3.71. The molecule has 0 bridgehead atoms. The van der Waals surface area contributed by atoms with E-state index in [1.54, 1.807) is 0 Å². The number of nitrogens with zero attached hydrogens (tertiary/aromatic N) is 1. The zero-order valence-electron chi connectivity index (χ0n) is 24.1. The van der Waals surface area contributed by atoms with Crippen molar-refractivity contribution in [1.82, 2.24) is 4.57 Å². The highest BCUT2D eigenvalue weighted by molar-refractivity contribution is 6.21. The van der Waals surface area contributed by atoms with Crippen LogP contribution in [0.1, 0.15) is 16.7 Å². The molecule has 42 heavy (non-hydrogen) atoms. The zero-order valence-corrected chi connectivity index (χ0v) is 24.1. The minimum atomic E-state index is 1.17. The van der Waals surface area contributed by atoms with Gasteiger partial charge in [0.15, 0.2) is 0 Å². The number of benzene rings is 7. The van der Waals surface area contributed by atoms with E-state index in [2.05, 4.69) is 159 Å². The van der Waals surface area contributed by atoms with Crippen LogP contribution >= 0.6 is 0 Å². The first-order chi connectivity index (χ1) is 20.6. The molecule has 0 aliphatic heterocycles. The normalized spacial score (nSPS) is 11.7. The quantitative estimate of drug-likeness (QED) is 0.198. The number of hydrogen-bond donors (Lipinski definition) is 0. The summed E-state index contributed by atoms with van der Waals surface area (Å²) in [6.07, 6.45) is 0. The first-order valence-corrected chi connectivity index (χ1v) is 14.7. The van der Waals surface area contributed by atoms with Gasteiger partial charge in [0.25, 0.3) is 0 Å². The molecular formula is C41H31N. The number of rotatable bonds is 3. The fraction of sp³-hybridized carbons (Fsp3) is 0.0732. The molecule has 1 heteroatoms. The number of aryl methyl sites for hydroxylation is 3. The van der Waals surface area contributed by atoms with Crippen LogP contribution in [0.4, 0.5) is 0 Å². The molecule has 8 aromatic rings. The highest BCUT2D eigenvalue weighted by Crippen LogP contribution is 2.44. The molecule has 7 aromatic carbocycles. The van der Waals surface area contributed by atoms with Crippen molar-refractivity contribution in [3.63, 3.8) is 0 Å². The molecule has 0 aliphatic carbocycles. The summed E-state index contributed by atoms with van der Waals surface area (Å²) in [4.78, 5) is 0.